The lowest BCUT2D eigenvalue weighted by atomic mass is 10.1. The first-order valence-electron chi connectivity index (χ1n) is 7.04. The largest absolute Gasteiger partial charge is 0.469 e. The molecule has 1 aromatic rings. The highest BCUT2D eigenvalue weighted by Gasteiger charge is 2.20. The molecule has 0 saturated heterocycles. The minimum absolute atomic E-state index is 0.200. The molecule has 5 nitrogen and oxygen atoms in total. The number of nitrogens with one attached hydrogen (secondary N) is 1. The topological polar surface area (TPSA) is 72.5 Å². The molecular weight excluding hydrogens is 322 g/mol. The maximum Gasteiger partial charge on any atom is 0.305 e. The summed E-state index contributed by atoms with van der Waals surface area (Å²) in [6.45, 7) is 1.90. The lowest BCUT2D eigenvalue weighted by Gasteiger charge is -2.18. The van der Waals surface area contributed by atoms with Gasteiger partial charge in [-0.25, -0.2) is 13.1 Å². The van der Waals surface area contributed by atoms with Crippen molar-refractivity contribution in [2.24, 2.45) is 0 Å². The van der Waals surface area contributed by atoms with Gasteiger partial charge in [0.05, 0.1) is 12.0 Å². The van der Waals surface area contributed by atoms with Crippen molar-refractivity contribution in [3.05, 3.63) is 29.8 Å². The second kappa shape index (κ2) is 9.17. The van der Waals surface area contributed by atoms with Crippen molar-refractivity contribution in [1.82, 2.24) is 4.72 Å². The van der Waals surface area contributed by atoms with E-state index >= 15 is 0 Å². The van der Waals surface area contributed by atoms with Crippen LogP contribution in [0.1, 0.15) is 24.8 Å². The summed E-state index contributed by atoms with van der Waals surface area (Å²) in [7, 11) is -2.24. The van der Waals surface area contributed by atoms with Crippen LogP contribution in [0.5, 0.6) is 0 Å². The van der Waals surface area contributed by atoms with Gasteiger partial charge in [0.2, 0.25) is 10.0 Å². The molecule has 0 aliphatic carbocycles. The zero-order chi connectivity index (χ0) is 16.6. The molecule has 7 heteroatoms. The van der Waals surface area contributed by atoms with Crippen molar-refractivity contribution < 1.29 is 17.9 Å². The Morgan fingerprint density at radius 2 is 1.91 bits per heavy atom. The van der Waals surface area contributed by atoms with E-state index in [0.717, 1.165) is 11.3 Å². The number of carbonyl (C=O) groups is 1. The second-order valence-corrected chi connectivity index (χ2v) is 7.73. The third kappa shape index (κ3) is 6.37. The molecule has 0 fully saturated rings. The Kier molecular flexibility index (Phi) is 7.92. The first-order chi connectivity index (χ1) is 10.4. The predicted octanol–water partition coefficient (Wildman–Crippen LogP) is 2.35. The van der Waals surface area contributed by atoms with Crippen molar-refractivity contribution in [2.45, 2.75) is 37.1 Å². The van der Waals surface area contributed by atoms with Gasteiger partial charge in [-0.05, 0) is 43.9 Å². The van der Waals surface area contributed by atoms with Crippen molar-refractivity contribution >= 4 is 27.8 Å². The zero-order valence-corrected chi connectivity index (χ0v) is 14.8. The van der Waals surface area contributed by atoms with Gasteiger partial charge in [-0.15, -0.1) is 0 Å². The summed E-state index contributed by atoms with van der Waals surface area (Å²) in [6.07, 6.45) is 3.26. The Labute approximate surface area is 136 Å². The number of methoxy groups -OCH3 is 1. The average Bonchev–Trinajstić information content (AvgIpc) is 2.49. The van der Waals surface area contributed by atoms with E-state index in [1.807, 2.05) is 13.2 Å². The smallest absolute Gasteiger partial charge is 0.305 e. The Morgan fingerprint density at radius 1 is 1.27 bits per heavy atom. The molecule has 0 heterocycles. The molecule has 1 unspecified atom stereocenters. The van der Waals surface area contributed by atoms with Gasteiger partial charge < -0.3 is 4.74 Å². The van der Waals surface area contributed by atoms with E-state index in [0.29, 0.717) is 12.8 Å². The SMILES string of the molecule is COC(=O)CCC(CCSC)NS(=O)(=O)c1ccc(C)cc1. The van der Waals surface area contributed by atoms with Crippen LogP contribution in [-0.2, 0) is 19.6 Å². The Hall–Kier alpha value is -1.05. The molecule has 0 aliphatic heterocycles. The first-order valence-corrected chi connectivity index (χ1v) is 9.91. The average molecular weight is 345 g/mol. The van der Waals surface area contributed by atoms with Gasteiger partial charge in [0.1, 0.15) is 0 Å². The van der Waals surface area contributed by atoms with Crippen LogP contribution in [0.15, 0.2) is 29.2 Å². The lowest BCUT2D eigenvalue weighted by Crippen LogP contribution is -2.35. The van der Waals surface area contributed by atoms with Crippen LogP contribution in [0.25, 0.3) is 0 Å². The fraction of sp³-hybridized carbons (Fsp3) is 0.533. The molecule has 1 rings (SSSR count). The van der Waals surface area contributed by atoms with Gasteiger partial charge >= 0.3 is 5.97 Å². The summed E-state index contributed by atoms with van der Waals surface area (Å²) in [6, 6.07) is 6.42. The zero-order valence-electron chi connectivity index (χ0n) is 13.2. The van der Waals surface area contributed by atoms with E-state index in [4.69, 9.17) is 0 Å². The quantitative estimate of drug-likeness (QED) is 0.696. The Bertz CT molecular complexity index is 570. The van der Waals surface area contributed by atoms with E-state index in [1.54, 1.807) is 36.0 Å². The molecule has 1 aromatic carbocycles. The number of ether oxygens (including phenoxy) is 1. The standard InChI is InChI=1S/C15H23NO4S2/c1-12-4-7-14(8-5-12)22(18,19)16-13(10-11-21-3)6-9-15(17)20-2/h4-5,7-8,13,16H,6,9-11H2,1-3H3. The highest BCUT2D eigenvalue weighted by Crippen LogP contribution is 2.14. The molecule has 0 spiro atoms. The molecule has 1 atom stereocenters. The van der Waals surface area contributed by atoms with Crippen LogP contribution in [0.3, 0.4) is 0 Å². The van der Waals surface area contributed by atoms with Crippen molar-refractivity contribution in [1.29, 1.82) is 0 Å². The van der Waals surface area contributed by atoms with Gasteiger partial charge in [0.15, 0.2) is 0 Å². The fourth-order valence-corrected chi connectivity index (χ4v) is 3.75. The van der Waals surface area contributed by atoms with E-state index in [1.165, 1.54) is 7.11 Å². The molecule has 22 heavy (non-hydrogen) atoms. The fourth-order valence-electron chi connectivity index (χ4n) is 1.92. The summed E-state index contributed by atoms with van der Waals surface area (Å²) in [4.78, 5) is 11.5. The summed E-state index contributed by atoms with van der Waals surface area (Å²) >= 11 is 1.64. The number of aryl methyl sites for hydroxylation is 1. The molecule has 1 N–H and O–H groups in total. The van der Waals surface area contributed by atoms with E-state index in [2.05, 4.69) is 9.46 Å². The van der Waals surface area contributed by atoms with Gasteiger partial charge in [0.25, 0.3) is 0 Å². The van der Waals surface area contributed by atoms with E-state index < -0.39 is 10.0 Å². The van der Waals surface area contributed by atoms with Gasteiger partial charge in [-0.3, -0.25) is 4.79 Å². The molecule has 0 amide bonds. The number of hydrogen-bond acceptors (Lipinski definition) is 5. The third-order valence-corrected chi connectivity index (χ3v) is 5.43. The number of benzene rings is 1. The van der Waals surface area contributed by atoms with Crippen LogP contribution in [0, 0.1) is 6.92 Å². The number of sulfonamides is 1. The molecule has 0 aromatic heterocycles. The number of carbonyl (C=O) groups excluding carboxylic acids is 1. The van der Waals surface area contributed by atoms with E-state index in [9.17, 15) is 13.2 Å². The van der Waals surface area contributed by atoms with Crippen molar-refractivity contribution in [3.8, 4) is 0 Å². The minimum atomic E-state index is -3.57. The summed E-state index contributed by atoms with van der Waals surface area (Å²) < 4.78 is 32.1. The van der Waals surface area contributed by atoms with Gasteiger partial charge in [-0.2, -0.15) is 11.8 Å². The second-order valence-electron chi connectivity index (χ2n) is 5.03. The van der Waals surface area contributed by atoms with Crippen molar-refractivity contribution in [2.75, 3.05) is 19.1 Å². The summed E-state index contributed by atoms with van der Waals surface area (Å²) in [5.74, 6) is 0.492. The lowest BCUT2D eigenvalue weighted by molar-refractivity contribution is -0.140. The maximum atomic E-state index is 12.4. The highest BCUT2D eigenvalue weighted by atomic mass is 32.2. The Balaban J connectivity index is 2.77. The Morgan fingerprint density at radius 3 is 2.45 bits per heavy atom. The molecule has 0 aliphatic rings. The molecular formula is C15H23NO4S2. The predicted molar refractivity (Wildman–Crippen MR) is 89.5 cm³/mol. The van der Waals surface area contributed by atoms with Crippen LogP contribution < -0.4 is 4.72 Å². The highest BCUT2D eigenvalue weighted by molar-refractivity contribution is 7.98. The van der Waals surface area contributed by atoms with Crippen LogP contribution in [0.4, 0.5) is 0 Å². The van der Waals surface area contributed by atoms with Crippen LogP contribution in [-0.4, -0.2) is 39.5 Å². The monoisotopic (exact) mass is 345 g/mol. The first kappa shape index (κ1) is 19.0. The number of rotatable bonds is 9. The summed E-state index contributed by atoms with van der Waals surface area (Å²) in [5.41, 5.74) is 1.00. The molecule has 0 radical (unpaired) electrons. The van der Waals surface area contributed by atoms with Crippen LogP contribution >= 0.6 is 11.8 Å². The molecule has 124 valence electrons. The maximum absolute atomic E-state index is 12.4. The molecule has 0 saturated carbocycles. The number of hydrogen-bond donors (Lipinski definition) is 1. The van der Waals surface area contributed by atoms with Crippen LogP contribution in [0.2, 0.25) is 0 Å². The van der Waals surface area contributed by atoms with E-state index in [-0.39, 0.29) is 23.3 Å². The molecule has 0 bridgehead atoms. The van der Waals surface area contributed by atoms with Gasteiger partial charge in [-0.1, -0.05) is 17.7 Å². The van der Waals surface area contributed by atoms with Gasteiger partial charge in [0, 0.05) is 12.5 Å². The number of esters is 1. The minimum Gasteiger partial charge on any atom is -0.469 e. The van der Waals surface area contributed by atoms with Crippen molar-refractivity contribution in [3.63, 3.8) is 0 Å². The number of thioether (sulfide) groups is 1. The third-order valence-electron chi connectivity index (χ3n) is 3.25. The summed E-state index contributed by atoms with van der Waals surface area (Å²) in [5, 5.41) is 0. The normalized spacial score (nSPS) is 12.9.